The number of aromatic carboxylic acids is 1. The molecule has 0 spiro atoms. The summed E-state index contributed by atoms with van der Waals surface area (Å²) in [5.41, 5.74) is 7.60. The van der Waals surface area contributed by atoms with Gasteiger partial charge in [-0.15, -0.1) is 0 Å². The average molecular weight is 284 g/mol. The number of nitrogens with one attached hydrogen (secondary N) is 1. The van der Waals surface area contributed by atoms with E-state index in [0.717, 1.165) is 15.9 Å². The summed E-state index contributed by atoms with van der Waals surface area (Å²) in [6.07, 6.45) is 0. The van der Waals surface area contributed by atoms with E-state index in [4.69, 9.17) is 5.73 Å². The van der Waals surface area contributed by atoms with E-state index in [9.17, 15) is 9.90 Å². The Morgan fingerprint density at radius 3 is 2.70 bits per heavy atom. The van der Waals surface area contributed by atoms with Gasteiger partial charge in [-0.2, -0.15) is 0 Å². The second kappa shape index (κ2) is 4.94. The summed E-state index contributed by atoms with van der Waals surface area (Å²) >= 11 is 1.33. The van der Waals surface area contributed by atoms with E-state index in [1.807, 2.05) is 30.3 Å². The lowest BCUT2D eigenvalue weighted by atomic mass is 10.2. The van der Waals surface area contributed by atoms with Crippen molar-refractivity contribution in [1.29, 1.82) is 0 Å². The number of rotatable bonds is 3. The molecule has 3 rings (SSSR count). The van der Waals surface area contributed by atoms with Crippen molar-refractivity contribution >= 4 is 34.3 Å². The van der Waals surface area contributed by atoms with Crippen LogP contribution in [0.5, 0.6) is 0 Å². The molecule has 0 saturated carbocycles. The Morgan fingerprint density at radius 1 is 1.15 bits per heavy atom. The largest absolute Gasteiger partial charge is 0.478 e. The minimum Gasteiger partial charge on any atom is -0.478 e. The Morgan fingerprint density at radius 2 is 1.95 bits per heavy atom. The number of carboxylic acid groups (broad SMARTS) is 1. The number of aromatic nitrogens is 1. The molecule has 0 amide bonds. The van der Waals surface area contributed by atoms with E-state index < -0.39 is 5.97 Å². The molecule has 4 N–H and O–H groups in total. The summed E-state index contributed by atoms with van der Waals surface area (Å²) in [7, 11) is 0. The van der Waals surface area contributed by atoms with Crippen molar-refractivity contribution in [3.05, 3.63) is 54.1 Å². The molecule has 0 aliphatic heterocycles. The Balaban J connectivity index is 2.04. The minimum absolute atomic E-state index is 0.216. The number of hydrogen-bond donors (Lipinski definition) is 3. The topological polar surface area (TPSA) is 79.1 Å². The van der Waals surface area contributed by atoms with E-state index in [0.29, 0.717) is 10.6 Å². The highest BCUT2D eigenvalue weighted by Gasteiger charge is 2.14. The molecule has 20 heavy (non-hydrogen) atoms. The summed E-state index contributed by atoms with van der Waals surface area (Å²) in [5.74, 6) is -0.976. The van der Waals surface area contributed by atoms with Crippen molar-refractivity contribution in [3.8, 4) is 0 Å². The zero-order valence-corrected chi connectivity index (χ0v) is 11.3. The fraction of sp³-hybridized carbons (Fsp3) is 0. The van der Waals surface area contributed by atoms with Gasteiger partial charge < -0.3 is 15.8 Å². The molecule has 0 saturated heterocycles. The third-order valence-corrected chi connectivity index (χ3v) is 4.09. The number of H-pyrrole nitrogens is 1. The van der Waals surface area contributed by atoms with Gasteiger partial charge in [0.25, 0.3) is 0 Å². The number of carbonyl (C=O) groups is 1. The first-order valence-corrected chi connectivity index (χ1v) is 6.84. The van der Waals surface area contributed by atoms with E-state index >= 15 is 0 Å². The van der Waals surface area contributed by atoms with Gasteiger partial charge in [-0.3, -0.25) is 0 Å². The molecule has 0 atom stereocenters. The summed E-state index contributed by atoms with van der Waals surface area (Å²) in [6, 6.07) is 14.8. The first-order chi connectivity index (χ1) is 9.65. The second-order valence-corrected chi connectivity index (χ2v) is 5.40. The number of carboxylic acids is 1. The Hall–Kier alpha value is -2.40. The van der Waals surface area contributed by atoms with Gasteiger partial charge in [-0.05, 0) is 24.3 Å². The van der Waals surface area contributed by atoms with E-state index in [1.54, 1.807) is 18.2 Å². The maximum absolute atomic E-state index is 11.3. The molecular formula is C15H12N2O2S. The standard InChI is InChI=1S/C15H12N2O2S/c16-11-6-3-5-10(15(18)19)14(11)20-13-8-9-4-1-2-7-12(9)17-13/h1-8,17H,16H2,(H,18,19). The first kappa shape index (κ1) is 12.6. The number of para-hydroxylation sites is 1. The van der Waals surface area contributed by atoms with Crippen LogP contribution in [0.2, 0.25) is 0 Å². The molecule has 0 bridgehead atoms. The van der Waals surface area contributed by atoms with Gasteiger partial charge in [0.1, 0.15) is 0 Å². The van der Waals surface area contributed by atoms with Crippen LogP contribution in [-0.4, -0.2) is 16.1 Å². The molecule has 0 aliphatic carbocycles. The molecule has 2 aromatic carbocycles. The lowest BCUT2D eigenvalue weighted by molar-refractivity contribution is 0.0693. The Bertz CT molecular complexity index is 762. The number of nitrogen functional groups attached to an aromatic ring is 1. The number of benzene rings is 2. The highest BCUT2D eigenvalue weighted by Crippen LogP contribution is 2.35. The quantitative estimate of drug-likeness (QED) is 0.642. The van der Waals surface area contributed by atoms with Gasteiger partial charge in [0.05, 0.1) is 15.5 Å². The minimum atomic E-state index is -0.976. The van der Waals surface area contributed by atoms with Crippen molar-refractivity contribution in [3.63, 3.8) is 0 Å². The third kappa shape index (κ3) is 2.23. The SMILES string of the molecule is Nc1cccc(C(=O)O)c1Sc1cc2ccccc2[nH]1. The summed E-state index contributed by atoms with van der Waals surface area (Å²) in [5, 5.41) is 11.2. The number of nitrogens with two attached hydrogens (primary N) is 1. The average Bonchev–Trinajstić information content (AvgIpc) is 2.83. The molecule has 0 aliphatic rings. The van der Waals surface area contributed by atoms with Gasteiger partial charge >= 0.3 is 5.97 Å². The normalized spacial score (nSPS) is 10.8. The first-order valence-electron chi connectivity index (χ1n) is 6.02. The van der Waals surface area contributed by atoms with Crippen LogP contribution in [0.15, 0.2) is 58.5 Å². The highest BCUT2D eigenvalue weighted by atomic mass is 32.2. The van der Waals surface area contributed by atoms with Gasteiger partial charge in [-0.1, -0.05) is 36.0 Å². The zero-order chi connectivity index (χ0) is 14.1. The van der Waals surface area contributed by atoms with Crippen molar-refractivity contribution in [2.24, 2.45) is 0 Å². The molecule has 4 nitrogen and oxygen atoms in total. The number of hydrogen-bond acceptors (Lipinski definition) is 3. The Kier molecular flexibility index (Phi) is 3.12. The van der Waals surface area contributed by atoms with Crippen LogP contribution in [-0.2, 0) is 0 Å². The molecular weight excluding hydrogens is 272 g/mol. The van der Waals surface area contributed by atoms with Gasteiger partial charge in [0, 0.05) is 16.6 Å². The fourth-order valence-corrected chi connectivity index (χ4v) is 3.07. The van der Waals surface area contributed by atoms with Gasteiger partial charge in [0.2, 0.25) is 0 Å². The molecule has 3 aromatic rings. The number of fused-ring (bicyclic) bond motifs is 1. The van der Waals surface area contributed by atoms with Gasteiger partial charge in [0.15, 0.2) is 0 Å². The molecule has 0 unspecified atom stereocenters. The number of anilines is 1. The zero-order valence-electron chi connectivity index (χ0n) is 10.5. The van der Waals surface area contributed by atoms with E-state index in [1.165, 1.54) is 11.8 Å². The third-order valence-electron chi connectivity index (χ3n) is 2.99. The summed E-state index contributed by atoms with van der Waals surface area (Å²) in [4.78, 5) is 15.1. The maximum Gasteiger partial charge on any atom is 0.336 e. The van der Waals surface area contributed by atoms with Crippen LogP contribution in [0.25, 0.3) is 10.9 Å². The van der Waals surface area contributed by atoms with Crippen LogP contribution in [0.1, 0.15) is 10.4 Å². The van der Waals surface area contributed by atoms with Crippen LogP contribution >= 0.6 is 11.8 Å². The van der Waals surface area contributed by atoms with Crippen LogP contribution in [0, 0.1) is 0 Å². The van der Waals surface area contributed by atoms with Crippen LogP contribution in [0.4, 0.5) is 5.69 Å². The second-order valence-electron chi connectivity index (χ2n) is 4.35. The number of aromatic amines is 1. The molecule has 0 fully saturated rings. The monoisotopic (exact) mass is 284 g/mol. The van der Waals surface area contributed by atoms with Crippen molar-refractivity contribution < 1.29 is 9.90 Å². The predicted molar refractivity (Wildman–Crippen MR) is 80.2 cm³/mol. The molecule has 1 heterocycles. The molecule has 1 aromatic heterocycles. The maximum atomic E-state index is 11.3. The lowest BCUT2D eigenvalue weighted by Crippen LogP contribution is -2.01. The summed E-state index contributed by atoms with van der Waals surface area (Å²) in [6.45, 7) is 0. The smallest absolute Gasteiger partial charge is 0.336 e. The Labute approximate surface area is 119 Å². The van der Waals surface area contributed by atoms with E-state index in [-0.39, 0.29) is 5.56 Å². The van der Waals surface area contributed by atoms with Crippen LogP contribution in [0.3, 0.4) is 0 Å². The van der Waals surface area contributed by atoms with Crippen molar-refractivity contribution in [2.45, 2.75) is 9.92 Å². The van der Waals surface area contributed by atoms with Crippen molar-refractivity contribution in [2.75, 3.05) is 5.73 Å². The molecule has 100 valence electrons. The van der Waals surface area contributed by atoms with E-state index in [2.05, 4.69) is 4.98 Å². The molecule has 5 heteroatoms. The van der Waals surface area contributed by atoms with Crippen LogP contribution < -0.4 is 5.73 Å². The highest BCUT2D eigenvalue weighted by molar-refractivity contribution is 7.99. The van der Waals surface area contributed by atoms with Gasteiger partial charge in [-0.25, -0.2) is 4.79 Å². The van der Waals surface area contributed by atoms with Crippen molar-refractivity contribution in [1.82, 2.24) is 4.98 Å². The predicted octanol–water partition coefficient (Wildman–Crippen LogP) is 3.60. The molecule has 0 radical (unpaired) electrons. The lowest BCUT2D eigenvalue weighted by Gasteiger charge is -2.07. The summed E-state index contributed by atoms with van der Waals surface area (Å²) < 4.78 is 0. The fourth-order valence-electron chi connectivity index (χ4n) is 2.05.